The summed E-state index contributed by atoms with van der Waals surface area (Å²) in [4.78, 5) is 0. The molecule has 4 atom stereocenters. The standard InChI is InChI=1S/C34H70O10/c1-6-7-8-9-10-11-12-13-14-15-16-36-17-18-37-19-20-38-21-22-39-23-24-40-25-26-41-32(3)28-43-34(5)30-44-33(4)29-42-31(2)27-35/h31-35H,6-30H2,1-5H3. The molecule has 0 aliphatic carbocycles. The highest BCUT2D eigenvalue weighted by Gasteiger charge is 2.11. The quantitative estimate of drug-likeness (QED) is 0.0865. The molecule has 0 bridgehead atoms. The van der Waals surface area contributed by atoms with Crippen LogP contribution in [0.2, 0.25) is 0 Å². The van der Waals surface area contributed by atoms with Gasteiger partial charge >= 0.3 is 0 Å². The molecule has 0 radical (unpaired) electrons. The van der Waals surface area contributed by atoms with Gasteiger partial charge in [0.1, 0.15) is 0 Å². The third-order valence-corrected chi connectivity index (χ3v) is 6.86. The summed E-state index contributed by atoms with van der Waals surface area (Å²) in [6, 6.07) is 0. The SMILES string of the molecule is CCCCCCCCCCCCOCCOCCOCCOCCOCCOC(C)COC(C)COC(C)COC(C)CO. The van der Waals surface area contributed by atoms with Crippen molar-refractivity contribution in [2.45, 2.75) is 123 Å². The molecule has 44 heavy (non-hydrogen) atoms. The molecule has 10 nitrogen and oxygen atoms in total. The number of unbranched alkanes of at least 4 members (excludes halogenated alkanes) is 9. The van der Waals surface area contributed by atoms with Crippen LogP contribution in [0.3, 0.4) is 0 Å². The summed E-state index contributed by atoms with van der Waals surface area (Å²) in [5.74, 6) is 0. The van der Waals surface area contributed by atoms with Gasteiger partial charge in [-0.1, -0.05) is 64.7 Å². The van der Waals surface area contributed by atoms with Gasteiger partial charge in [-0.05, 0) is 34.1 Å². The van der Waals surface area contributed by atoms with E-state index in [9.17, 15) is 0 Å². The van der Waals surface area contributed by atoms with Crippen molar-refractivity contribution in [3.05, 3.63) is 0 Å². The highest BCUT2D eigenvalue weighted by atomic mass is 16.6. The zero-order valence-corrected chi connectivity index (χ0v) is 29.1. The summed E-state index contributed by atoms with van der Waals surface area (Å²) in [6.07, 6.45) is 13.1. The fourth-order valence-corrected chi connectivity index (χ4v) is 4.08. The molecule has 10 heteroatoms. The molecule has 1 N–H and O–H groups in total. The van der Waals surface area contributed by atoms with E-state index in [2.05, 4.69) is 6.92 Å². The molecule has 0 amide bonds. The first-order valence-corrected chi connectivity index (χ1v) is 17.4. The van der Waals surface area contributed by atoms with E-state index in [1.165, 1.54) is 57.8 Å². The minimum atomic E-state index is -0.181. The molecule has 0 aliphatic heterocycles. The van der Waals surface area contributed by atoms with Crippen LogP contribution in [0.15, 0.2) is 0 Å². The topological polar surface area (TPSA) is 103 Å². The van der Waals surface area contributed by atoms with Crippen LogP contribution in [0.5, 0.6) is 0 Å². The number of aliphatic hydroxyl groups excluding tert-OH is 1. The maximum absolute atomic E-state index is 8.99. The van der Waals surface area contributed by atoms with E-state index in [1.807, 2.05) is 27.7 Å². The first-order chi connectivity index (χ1) is 21.5. The molecular formula is C34H70O10. The van der Waals surface area contributed by atoms with Crippen LogP contribution in [-0.4, -0.2) is 129 Å². The Hall–Kier alpha value is -0.400. The van der Waals surface area contributed by atoms with Gasteiger partial charge in [0.25, 0.3) is 0 Å². The molecule has 266 valence electrons. The van der Waals surface area contributed by atoms with E-state index in [1.54, 1.807) is 0 Å². The maximum Gasteiger partial charge on any atom is 0.0781 e. The third kappa shape index (κ3) is 34.5. The molecule has 0 saturated carbocycles. The Labute approximate surface area is 270 Å². The Morgan fingerprint density at radius 3 is 1.09 bits per heavy atom. The lowest BCUT2D eigenvalue weighted by Crippen LogP contribution is -2.28. The predicted molar refractivity (Wildman–Crippen MR) is 175 cm³/mol. The van der Waals surface area contributed by atoms with Crippen molar-refractivity contribution in [3.8, 4) is 0 Å². The van der Waals surface area contributed by atoms with Crippen LogP contribution in [-0.2, 0) is 42.6 Å². The molecule has 0 aromatic rings. The van der Waals surface area contributed by atoms with Crippen molar-refractivity contribution < 1.29 is 47.7 Å². The molecule has 0 aromatic carbocycles. The Kier molecular flexibility index (Phi) is 35.1. The number of ether oxygens (including phenoxy) is 9. The molecule has 0 rings (SSSR count). The third-order valence-electron chi connectivity index (χ3n) is 6.86. The largest absolute Gasteiger partial charge is 0.394 e. The van der Waals surface area contributed by atoms with E-state index in [0.717, 1.165) is 13.0 Å². The molecule has 0 aliphatic rings. The second kappa shape index (κ2) is 35.5. The van der Waals surface area contributed by atoms with Gasteiger partial charge in [0.15, 0.2) is 0 Å². The minimum Gasteiger partial charge on any atom is -0.394 e. The zero-order valence-electron chi connectivity index (χ0n) is 29.1. The van der Waals surface area contributed by atoms with Gasteiger partial charge in [0.05, 0.1) is 117 Å². The van der Waals surface area contributed by atoms with Crippen molar-refractivity contribution in [2.75, 3.05) is 99.1 Å². The van der Waals surface area contributed by atoms with Crippen LogP contribution < -0.4 is 0 Å². The fourth-order valence-electron chi connectivity index (χ4n) is 4.08. The van der Waals surface area contributed by atoms with Gasteiger partial charge in [-0.3, -0.25) is 0 Å². The summed E-state index contributed by atoms with van der Waals surface area (Å²) in [5.41, 5.74) is 0. The van der Waals surface area contributed by atoms with Gasteiger partial charge < -0.3 is 47.7 Å². The highest BCUT2D eigenvalue weighted by Crippen LogP contribution is 2.10. The lowest BCUT2D eigenvalue weighted by molar-refractivity contribution is -0.0925. The molecule has 0 saturated heterocycles. The van der Waals surface area contributed by atoms with Crippen LogP contribution in [0.25, 0.3) is 0 Å². The number of hydrogen-bond donors (Lipinski definition) is 1. The van der Waals surface area contributed by atoms with Crippen molar-refractivity contribution in [1.29, 1.82) is 0 Å². The smallest absolute Gasteiger partial charge is 0.0781 e. The van der Waals surface area contributed by atoms with E-state index in [-0.39, 0.29) is 31.0 Å². The molecule has 0 heterocycles. The summed E-state index contributed by atoms with van der Waals surface area (Å²) in [5, 5.41) is 8.99. The average Bonchev–Trinajstić information content (AvgIpc) is 3.03. The highest BCUT2D eigenvalue weighted by molar-refractivity contribution is 4.56. The summed E-state index contributed by atoms with van der Waals surface area (Å²) >= 11 is 0. The molecular weight excluding hydrogens is 568 g/mol. The minimum absolute atomic E-state index is 0.00573. The van der Waals surface area contributed by atoms with Gasteiger partial charge in [-0.15, -0.1) is 0 Å². The Morgan fingerprint density at radius 2 is 0.682 bits per heavy atom. The van der Waals surface area contributed by atoms with E-state index < -0.39 is 0 Å². The van der Waals surface area contributed by atoms with Crippen LogP contribution >= 0.6 is 0 Å². The number of rotatable bonds is 37. The van der Waals surface area contributed by atoms with Crippen molar-refractivity contribution in [3.63, 3.8) is 0 Å². The van der Waals surface area contributed by atoms with Gasteiger partial charge in [-0.25, -0.2) is 0 Å². The molecule has 0 spiro atoms. The first kappa shape index (κ1) is 43.6. The second-order valence-corrected chi connectivity index (χ2v) is 11.5. The zero-order chi connectivity index (χ0) is 32.4. The summed E-state index contributed by atoms with van der Waals surface area (Å²) in [7, 11) is 0. The maximum atomic E-state index is 8.99. The monoisotopic (exact) mass is 638 g/mol. The van der Waals surface area contributed by atoms with Gasteiger partial charge in [0, 0.05) is 6.61 Å². The van der Waals surface area contributed by atoms with Crippen LogP contribution in [0.4, 0.5) is 0 Å². The molecule has 0 aromatic heterocycles. The van der Waals surface area contributed by atoms with E-state index in [4.69, 9.17) is 47.7 Å². The average molecular weight is 639 g/mol. The van der Waals surface area contributed by atoms with Crippen molar-refractivity contribution >= 4 is 0 Å². The Morgan fingerprint density at radius 1 is 0.364 bits per heavy atom. The predicted octanol–water partition coefficient (Wildman–Crippen LogP) is 5.60. The first-order valence-electron chi connectivity index (χ1n) is 17.4. The van der Waals surface area contributed by atoms with Crippen molar-refractivity contribution in [2.24, 2.45) is 0 Å². The Balaban J connectivity index is 3.26. The lowest BCUT2D eigenvalue weighted by atomic mass is 10.1. The van der Waals surface area contributed by atoms with Gasteiger partial charge in [0.2, 0.25) is 0 Å². The normalized spacial score (nSPS) is 14.6. The van der Waals surface area contributed by atoms with Gasteiger partial charge in [-0.2, -0.15) is 0 Å². The fraction of sp³-hybridized carbons (Fsp3) is 1.00. The van der Waals surface area contributed by atoms with E-state index in [0.29, 0.717) is 85.9 Å². The summed E-state index contributed by atoms with van der Waals surface area (Å²) in [6.45, 7) is 17.7. The summed E-state index contributed by atoms with van der Waals surface area (Å²) < 4.78 is 50.5. The molecule has 0 fully saturated rings. The molecule has 4 unspecified atom stereocenters. The second-order valence-electron chi connectivity index (χ2n) is 11.5. The lowest BCUT2D eigenvalue weighted by Gasteiger charge is -2.21. The van der Waals surface area contributed by atoms with Crippen LogP contribution in [0.1, 0.15) is 98.8 Å². The Bertz CT molecular complexity index is 542. The number of hydrogen-bond acceptors (Lipinski definition) is 10. The number of aliphatic hydroxyl groups is 1. The van der Waals surface area contributed by atoms with Crippen LogP contribution in [0, 0.1) is 0 Å². The van der Waals surface area contributed by atoms with Crippen molar-refractivity contribution in [1.82, 2.24) is 0 Å². The van der Waals surface area contributed by atoms with E-state index >= 15 is 0 Å².